The molecule has 0 bridgehead atoms. The first kappa shape index (κ1) is 23.6. The monoisotopic (exact) mass is 570 g/mol. The van der Waals surface area contributed by atoms with Gasteiger partial charge in [0.05, 0.1) is 39.0 Å². The number of hydrogen-bond donors (Lipinski definition) is 2. The molecule has 1 atom stereocenters. The van der Waals surface area contributed by atoms with E-state index >= 15 is 0 Å². The van der Waals surface area contributed by atoms with Gasteiger partial charge in [-0.15, -0.1) is 0 Å². The van der Waals surface area contributed by atoms with Crippen molar-refractivity contribution >= 4 is 63.9 Å². The van der Waals surface area contributed by atoms with Gasteiger partial charge < -0.3 is 9.73 Å². The predicted octanol–water partition coefficient (Wildman–Crippen LogP) is 9.10. The Kier molecular flexibility index (Phi) is 5.60. The quantitative estimate of drug-likeness (QED) is 0.250. The Morgan fingerprint density at radius 3 is 2.53 bits per heavy atom. The fraction of sp³-hybridized carbons (Fsp3) is 0.0345. The molecule has 0 radical (unpaired) electrons. The molecule has 184 valence electrons. The van der Waals surface area contributed by atoms with E-state index in [1.807, 2.05) is 71.6 Å². The van der Waals surface area contributed by atoms with Crippen molar-refractivity contribution < 1.29 is 4.42 Å². The molecule has 0 fully saturated rings. The van der Waals surface area contributed by atoms with Crippen LogP contribution in [0.25, 0.3) is 11.3 Å². The largest absolute Gasteiger partial charge is 0.460 e. The maximum absolute atomic E-state index is 10.5. The third kappa shape index (κ3) is 3.60. The van der Waals surface area contributed by atoms with Gasteiger partial charge in [-0.3, -0.25) is 10.3 Å². The standard InChI is InChI=1S/C29H16Cl2N4OS2/c30-15-9-10-16(18(31)13-15)21-11-12-22(36-21)25-17(14-32)29-35(20-6-2-4-8-24(20)38-29)27(33)26(25)28-34-19-5-1-3-7-23(19)37-28/h1-13,25,33-34H. The first-order valence-electron chi connectivity index (χ1n) is 11.7. The minimum Gasteiger partial charge on any atom is -0.460 e. The fourth-order valence-corrected chi connectivity index (χ4v) is 7.68. The summed E-state index contributed by atoms with van der Waals surface area (Å²) in [5.41, 5.74) is 3.80. The summed E-state index contributed by atoms with van der Waals surface area (Å²) in [4.78, 5) is 3.95. The van der Waals surface area contributed by atoms with Crippen molar-refractivity contribution in [2.75, 3.05) is 10.2 Å². The molecule has 4 aromatic rings. The van der Waals surface area contributed by atoms with Crippen molar-refractivity contribution in [3.63, 3.8) is 0 Å². The highest BCUT2D eigenvalue weighted by molar-refractivity contribution is 8.04. The van der Waals surface area contributed by atoms with E-state index in [2.05, 4.69) is 11.4 Å². The van der Waals surface area contributed by atoms with Gasteiger partial charge in [0.25, 0.3) is 0 Å². The Morgan fingerprint density at radius 1 is 0.947 bits per heavy atom. The van der Waals surface area contributed by atoms with Crippen molar-refractivity contribution in [3.05, 3.63) is 116 Å². The number of nitriles is 1. The highest BCUT2D eigenvalue weighted by Gasteiger charge is 2.45. The molecule has 38 heavy (non-hydrogen) atoms. The number of allylic oxidation sites excluding steroid dienone is 1. The Hall–Kier alpha value is -3.54. The lowest BCUT2D eigenvalue weighted by atomic mass is 9.86. The second-order valence-electron chi connectivity index (χ2n) is 8.81. The molecule has 5 nitrogen and oxygen atoms in total. The van der Waals surface area contributed by atoms with E-state index in [0.717, 1.165) is 31.2 Å². The number of hydrogen-bond acceptors (Lipinski definition) is 6. The highest BCUT2D eigenvalue weighted by atomic mass is 35.5. The second-order valence-corrected chi connectivity index (χ2v) is 11.7. The molecule has 9 heteroatoms. The summed E-state index contributed by atoms with van der Waals surface area (Å²) in [6, 6.07) is 27.4. The lowest BCUT2D eigenvalue weighted by molar-refractivity contribution is 0.515. The summed E-state index contributed by atoms with van der Waals surface area (Å²) in [6.07, 6.45) is 0. The first-order valence-corrected chi connectivity index (χ1v) is 14.1. The highest BCUT2D eigenvalue weighted by Crippen LogP contribution is 2.56. The van der Waals surface area contributed by atoms with Crippen molar-refractivity contribution in [2.24, 2.45) is 0 Å². The van der Waals surface area contributed by atoms with E-state index in [1.165, 1.54) is 11.8 Å². The second kappa shape index (κ2) is 9.04. The number of amidine groups is 1. The number of nitrogens with one attached hydrogen (secondary N) is 2. The van der Waals surface area contributed by atoms with Gasteiger partial charge in [0.15, 0.2) is 0 Å². The van der Waals surface area contributed by atoms with E-state index < -0.39 is 5.92 Å². The van der Waals surface area contributed by atoms with Crippen LogP contribution in [0.4, 0.5) is 11.4 Å². The summed E-state index contributed by atoms with van der Waals surface area (Å²) < 4.78 is 6.39. The lowest BCUT2D eigenvalue weighted by Gasteiger charge is -2.33. The third-order valence-corrected chi connectivity index (χ3v) is 9.43. The van der Waals surface area contributed by atoms with Crippen molar-refractivity contribution in [2.45, 2.75) is 15.7 Å². The summed E-state index contributed by atoms with van der Waals surface area (Å²) in [5.74, 6) is 0.869. The van der Waals surface area contributed by atoms with Crippen LogP contribution in [0.3, 0.4) is 0 Å². The van der Waals surface area contributed by atoms with Gasteiger partial charge in [-0.1, -0.05) is 71.0 Å². The molecule has 0 aliphatic carbocycles. The Labute approximate surface area is 237 Å². The van der Waals surface area contributed by atoms with E-state index in [-0.39, 0.29) is 0 Å². The predicted molar refractivity (Wildman–Crippen MR) is 155 cm³/mol. The number of benzene rings is 3. The molecular weight excluding hydrogens is 555 g/mol. The average Bonchev–Trinajstić information content (AvgIpc) is 3.65. The topological polar surface area (TPSA) is 76.1 Å². The number of thioether (sulfide) groups is 2. The normalized spacial score (nSPS) is 19.7. The number of nitrogens with zero attached hydrogens (tertiary/aromatic N) is 2. The van der Waals surface area contributed by atoms with E-state index in [9.17, 15) is 10.7 Å². The van der Waals surface area contributed by atoms with Gasteiger partial charge in [0.1, 0.15) is 22.4 Å². The molecule has 0 spiro atoms. The molecule has 3 aliphatic heterocycles. The molecule has 0 saturated heterocycles. The Morgan fingerprint density at radius 2 is 1.74 bits per heavy atom. The van der Waals surface area contributed by atoms with Gasteiger partial charge >= 0.3 is 0 Å². The molecular formula is C29H16Cl2N4OS2. The summed E-state index contributed by atoms with van der Waals surface area (Å²) in [6.45, 7) is 0. The van der Waals surface area contributed by atoms with Crippen LogP contribution in [-0.2, 0) is 0 Å². The minimum absolute atomic E-state index is 0.312. The SMILES string of the molecule is N#CC1=C2Sc3ccccc3N2C(=N)C(=C2Nc3ccccc3S2)C1c1ccc(-c2ccc(Cl)cc2Cl)o1. The molecule has 4 heterocycles. The number of furan rings is 1. The van der Waals surface area contributed by atoms with Crippen LogP contribution >= 0.6 is 46.7 Å². The van der Waals surface area contributed by atoms with Gasteiger partial charge in [0, 0.05) is 26.0 Å². The van der Waals surface area contributed by atoms with Crippen LogP contribution in [0.2, 0.25) is 10.0 Å². The zero-order valence-corrected chi connectivity index (χ0v) is 22.6. The van der Waals surface area contributed by atoms with Crippen molar-refractivity contribution in [3.8, 4) is 17.4 Å². The van der Waals surface area contributed by atoms with Crippen LogP contribution in [0, 0.1) is 16.7 Å². The molecule has 2 N–H and O–H groups in total. The molecule has 0 amide bonds. The zero-order chi connectivity index (χ0) is 26.0. The van der Waals surface area contributed by atoms with Crippen LogP contribution in [-0.4, -0.2) is 5.84 Å². The van der Waals surface area contributed by atoms with Crippen molar-refractivity contribution in [1.82, 2.24) is 0 Å². The van der Waals surface area contributed by atoms with E-state index in [1.54, 1.807) is 23.9 Å². The first-order chi connectivity index (χ1) is 18.5. The van der Waals surface area contributed by atoms with Gasteiger partial charge in [0.2, 0.25) is 0 Å². The number of fused-ring (bicyclic) bond motifs is 4. The van der Waals surface area contributed by atoms with E-state index in [0.29, 0.717) is 44.1 Å². The van der Waals surface area contributed by atoms with Crippen LogP contribution in [0.5, 0.6) is 0 Å². The maximum atomic E-state index is 10.5. The van der Waals surface area contributed by atoms with Gasteiger partial charge in [-0.05, 0) is 54.6 Å². The fourth-order valence-electron chi connectivity index (χ4n) is 4.93. The molecule has 1 unspecified atom stereocenters. The molecule has 1 aromatic heterocycles. The molecule has 0 saturated carbocycles. The number of halogens is 2. The molecule has 7 rings (SSSR count). The zero-order valence-electron chi connectivity index (χ0n) is 19.5. The molecule has 3 aliphatic rings. The van der Waals surface area contributed by atoms with Gasteiger partial charge in [-0.25, -0.2) is 0 Å². The minimum atomic E-state index is -0.579. The summed E-state index contributed by atoms with van der Waals surface area (Å²) >= 11 is 15.6. The van der Waals surface area contributed by atoms with Crippen LogP contribution in [0.15, 0.2) is 114 Å². The summed E-state index contributed by atoms with van der Waals surface area (Å²) in [7, 11) is 0. The van der Waals surface area contributed by atoms with Crippen LogP contribution in [0.1, 0.15) is 11.7 Å². The summed E-state index contributed by atoms with van der Waals surface area (Å²) in [5, 5.41) is 26.0. The Balaban J connectivity index is 1.43. The number of rotatable bonds is 2. The Bertz CT molecular complexity index is 1760. The lowest BCUT2D eigenvalue weighted by Crippen LogP contribution is -2.36. The van der Waals surface area contributed by atoms with Crippen LogP contribution < -0.4 is 10.2 Å². The van der Waals surface area contributed by atoms with Gasteiger partial charge in [-0.2, -0.15) is 5.26 Å². The number of para-hydroxylation sites is 2. The maximum Gasteiger partial charge on any atom is 0.137 e. The molecule has 3 aromatic carbocycles. The smallest absolute Gasteiger partial charge is 0.137 e. The third-order valence-electron chi connectivity index (χ3n) is 6.62. The average molecular weight is 572 g/mol. The van der Waals surface area contributed by atoms with E-state index in [4.69, 9.17) is 27.6 Å². The number of anilines is 2. The van der Waals surface area contributed by atoms with Crippen molar-refractivity contribution in [1.29, 1.82) is 10.7 Å².